The van der Waals surface area contributed by atoms with E-state index in [1.807, 2.05) is 30.6 Å². The van der Waals surface area contributed by atoms with Gasteiger partial charge >= 0.3 is 0 Å². The highest BCUT2D eigenvalue weighted by Gasteiger charge is 2.26. The molecule has 4 aromatic rings. The molecule has 1 unspecified atom stereocenters. The van der Waals surface area contributed by atoms with Gasteiger partial charge in [-0.1, -0.05) is 60.7 Å². The Morgan fingerprint density at radius 1 is 0.714 bits per heavy atom. The molecule has 0 aliphatic heterocycles. The number of hydrogen-bond donors (Lipinski definition) is 1. The van der Waals surface area contributed by atoms with E-state index in [-0.39, 0.29) is 17.0 Å². The highest BCUT2D eigenvalue weighted by Crippen LogP contribution is 2.35. The Morgan fingerprint density at radius 2 is 1.40 bits per heavy atom. The molecule has 1 N–H and O–H groups in total. The Morgan fingerprint density at radius 3 is 2.14 bits per heavy atom. The molecule has 2 aromatic heterocycles. The number of aromatic nitrogens is 2. The monoisotopic (exact) mass is 528 g/mol. The lowest BCUT2D eigenvalue weighted by molar-refractivity contribution is 0.159. The van der Waals surface area contributed by atoms with Crippen LogP contribution in [-0.2, 0) is 32.6 Å². The van der Waals surface area contributed by atoms with Crippen LogP contribution in [0.4, 0.5) is 0 Å². The average molecular weight is 530 g/mol. The number of nitrogens with zero attached hydrogens (tertiary/aromatic N) is 3. The predicted octanol–water partition coefficient (Wildman–Crippen LogP) is 6.42. The zero-order valence-electron chi connectivity index (χ0n) is 20.0. The Bertz CT molecular complexity index is 1170. The summed E-state index contributed by atoms with van der Waals surface area (Å²) in [5.41, 5.74) is 7.81. The summed E-state index contributed by atoms with van der Waals surface area (Å²) in [6.07, 6.45) is 7.35. The van der Waals surface area contributed by atoms with Gasteiger partial charge in [-0.3, -0.25) is 14.9 Å². The molecule has 0 bridgehead atoms. The van der Waals surface area contributed by atoms with E-state index in [2.05, 4.69) is 86.9 Å². The van der Waals surface area contributed by atoms with Gasteiger partial charge in [-0.2, -0.15) is 0 Å². The minimum atomic E-state index is 0. The number of fused-ring (bicyclic) bond motifs is 1. The van der Waals surface area contributed by atoms with Gasteiger partial charge in [0, 0.05) is 44.6 Å². The largest absolute Gasteiger partial charge is 0.307 e. The van der Waals surface area contributed by atoms with E-state index in [1.165, 1.54) is 41.5 Å². The topological polar surface area (TPSA) is 41.0 Å². The normalized spacial score (nSPS) is 14.8. The summed E-state index contributed by atoms with van der Waals surface area (Å²) in [4.78, 5) is 11.6. The zero-order chi connectivity index (χ0) is 23.0. The Kier molecular flexibility index (Phi) is 9.18. The lowest BCUT2D eigenvalue weighted by Gasteiger charge is -2.36. The van der Waals surface area contributed by atoms with Gasteiger partial charge < -0.3 is 5.32 Å². The summed E-state index contributed by atoms with van der Waals surface area (Å²) in [5.74, 6) is 0. The number of aryl methyl sites for hydroxylation is 1. The molecular weight excluding hydrogens is 496 g/mol. The Hall–Kier alpha value is -2.86. The van der Waals surface area contributed by atoms with Gasteiger partial charge in [0.25, 0.3) is 0 Å². The molecule has 0 saturated heterocycles. The minimum Gasteiger partial charge on any atom is -0.307 e. The smallest absolute Gasteiger partial charge is 0.0544 e. The SMILES string of the molecule is Br.c1ccc(CNCc2ccc(CN(Cc3ccccn3)C3CCCc4ccccc43)cc2)nc1. The van der Waals surface area contributed by atoms with E-state index >= 15 is 0 Å². The van der Waals surface area contributed by atoms with Gasteiger partial charge in [-0.15, -0.1) is 17.0 Å². The third-order valence-corrected chi connectivity index (χ3v) is 6.64. The van der Waals surface area contributed by atoms with Gasteiger partial charge in [0.1, 0.15) is 0 Å². The lowest BCUT2D eigenvalue weighted by atomic mass is 9.86. The summed E-state index contributed by atoms with van der Waals surface area (Å²) in [7, 11) is 0. The van der Waals surface area contributed by atoms with E-state index < -0.39 is 0 Å². The first-order valence-corrected chi connectivity index (χ1v) is 12.3. The zero-order valence-corrected chi connectivity index (χ0v) is 21.7. The molecule has 1 atom stereocenters. The summed E-state index contributed by atoms with van der Waals surface area (Å²) < 4.78 is 0. The third kappa shape index (κ3) is 6.85. The molecule has 0 spiro atoms. The molecule has 35 heavy (non-hydrogen) atoms. The van der Waals surface area contributed by atoms with Gasteiger partial charge in [-0.05, 0) is 65.8 Å². The summed E-state index contributed by atoms with van der Waals surface area (Å²) in [6, 6.07) is 30.7. The van der Waals surface area contributed by atoms with Crippen molar-refractivity contribution in [3.8, 4) is 0 Å². The van der Waals surface area contributed by atoms with Crippen molar-refractivity contribution in [1.29, 1.82) is 0 Å². The molecule has 4 nitrogen and oxygen atoms in total. The number of nitrogens with one attached hydrogen (secondary N) is 1. The first kappa shape index (κ1) is 25.2. The highest BCUT2D eigenvalue weighted by atomic mass is 79.9. The molecule has 0 radical (unpaired) electrons. The average Bonchev–Trinajstić information content (AvgIpc) is 2.90. The standard InChI is InChI=1S/C30H32N4.BrH/c1-2-12-29-26(8-1)9-7-13-30(29)34(23-28-11-4-6-19-33-28)22-25-16-14-24(15-17-25)20-31-21-27-10-3-5-18-32-27;/h1-6,8,10-12,14-19,30-31H,7,9,13,20-23H2;1H. The van der Waals surface area contributed by atoms with Gasteiger partial charge in [0.15, 0.2) is 0 Å². The van der Waals surface area contributed by atoms with Crippen LogP contribution in [0.15, 0.2) is 97.3 Å². The van der Waals surface area contributed by atoms with Crippen molar-refractivity contribution in [2.45, 2.75) is 51.5 Å². The van der Waals surface area contributed by atoms with Crippen LogP contribution in [0.25, 0.3) is 0 Å². The second-order valence-electron chi connectivity index (χ2n) is 9.07. The quantitative estimate of drug-likeness (QED) is 0.272. The van der Waals surface area contributed by atoms with E-state index in [1.54, 1.807) is 0 Å². The molecule has 2 aromatic carbocycles. The van der Waals surface area contributed by atoms with Crippen LogP contribution in [0.2, 0.25) is 0 Å². The summed E-state index contributed by atoms with van der Waals surface area (Å²) in [5, 5.41) is 3.49. The second kappa shape index (κ2) is 12.7. The highest BCUT2D eigenvalue weighted by molar-refractivity contribution is 8.93. The van der Waals surface area contributed by atoms with Crippen molar-refractivity contribution in [2.75, 3.05) is 0 Å². The van der Waals surface area contributed by atoms with Crippen LogP contribution in [0.5, 0.6) is 0 Å². The number of halogens is 1. The molecule has 0 fully saturated rings. The number of rotatable bonds is 9. The number of hydrogen-bond acceptors (Lipinski definition) is 4. The first-order chi connectivity index (χ1) is 16.8. The van der Waals surface area contributed by atoms with Crippen LogP contribution in [0, 0.1) is 0 Å². The number of benzene rings is 2. The van der Waals surface area contributed by atoms with Gasteiger partial charge in [0.05, 0.1) is 11.4 Å². The molecule has 180 valence electrons. The maximum atomic E-state index is 4.63. The van der Waals surface area contributed by atoms with Crippen LogP contribution >= 0.6 is 17.0 Å². The van der Waals surface area contributed by atoms with Gasteiger partial charge in [-0.25, -0.2) is 0 Å². The number of pyridine rings is 2. The molecular formula is C30H33BrN4. The van der Waals surface area contributed by atoms with E-state index in [4.69, 9.17) is 0 Å². The molecule has 1 aliphatic carbocycles. The molecule has 0 saturated carbocycles. The third-order valence-electron chi connectivity index (χ3n) is 6.64. The van der Waals surface area contributed by atoms with Crippen molar-refractivity contribution in [1.82, 2.24) is 20.2 Å². The molecule has 1 aliphatic rings. The van der Waals surface area contributed by atoms with Gasteiger partial charge in [0.2, 0.25) is 0 Å². The maximum Gasteiger partial charge on any atom is 0.0544 e. The Balaban J connectivity index is 0.00000289. The van der Waals surface area contributed by atoms with Crippen LogP contribution in [-0.4, -0.2) is 14.9 Å². The summed E-state index contributed by atoms with van der Waals surface area (Å²) in [6.45, 7) is 3.39. The molecule has 5 rings (SSSR count). The van der Waals surface area contributed by atoms with Crippen LogP contribution < -0.4 is 5.32 Å². The second-order valence-corrected chi connectivity index (χ2v) is 9.07. The fourth-order valence-electron chi connectivity index (χ4n) is 4.92. The van der Waals surface area contributed by atoms with E-state index in [0.29, 0.717) is 6.04 Å². The molecule has 2 heterocycles. The lowest BCUT2D eigenvalue weighted by Crippen LogP contribution is -2.31. The van der Waals surface area contributed by atoms with Crippen molar-refractivity contribution < 1.29 is 0 Å². The minimum absolute atomic E-state index is 0. The predicted molar refractivity (Wildman–Crippen MR) is 147 cm³/mol. The van der Waals surface area contributed by atoms with Crippen molar-refractivity contribution in [2.24, 2.45) is 0 Å². The Labute approximate surface area is 219 Å². The molecule has 5 heteroatoms. The van der Waals surface area contributed by atoms with E-state index in [0.717, 1.165) is 37.6 Å². The summed E-state index contributed by atoms with van der Waals surface area (Å²) >= 11 is 0. The molecule has 0 amide bonds. The van der Waals surface area contributed by atoms with Crippen LogP contribution in [0.1, 0.15) is 52.5 Å². The van der Waals surface area contributed by atoms with Crippen LogP contribution in [0.3, 0.4) is 0 Å². The van der Waals surface area contributed by atoms with Crippen molar-refractivity contribution in [3.63, 3.8) is 0 Å². The fraction of sp³-hybridized carbons (Fsp3) is 0.267. The van der Waals surface area contributed by atoms with Crippen molar-refractivity contribution in [3.05, 3.63) is 131 Å². The maximum absolute atomic E-state index is 4.63. The first-order valence-electron chi connectivity index (χ1n) is 12.3. The fourth-order valence-corrected chi connectivity index (χ4v) is 4.92. The van der Waals surface area contributed by atoms with Crippen molar-refractivity contribution >= 4 is 17.0 Å². The van der Waals surface area contributed by atoms with E-state index in [9.17, 15) is 0 Å².